The number of primary sulfonamides is 1. The lowest BCUT2D eigenvalue weighted by Gasteiger charge is -2.10. The molecule has 3 N–H and O–H groups in total. The van der Waals surface area contributed by atoms with Gasteiger partial charge in [0.1, 0.15) is 11.0 Å². The summed E-state index contributed by atoms with van der Waals surface area (Å²) in [5.74, 6) is -0.193. The summed E-state index contributed by atoms with van der Waals surface area (Å²) in [5, 5.41) is 13.2. The van der Waals surface area contributed by atoms with E-state index < -0.39 is 30.0 Å². The summed E-state index contributed by atoms with van der Waals surface area (Å²) in [6, 6.07) is 7.70. The number of nitrogens with one attached hydrogen (secondary N) is 1. The van der Waals surface area contributed by atoms with Gasteiger partial charge in [-0.2, -0.15) is 13.7 Å². The molecule has 22 heavy (non-hydrogen) atoms. The molecular weight excluding hydrogens is 398 g/mol. The van der Waals surface area contributed by atoms with Crippen molar-refractivity contribution in [3.05, 3.63) is 40.6 Å². The van der Waals surface area contributed by atoms with E-state index in [0.717, 1.165) is 12.1 Å². The Balaban J connectivity index is 2.50. The molecule has 116 valence electrons. The van der Waals surface area contributed by atoms with Crippen LogP contribution in [0.25, 0.3) is 0 Å². The number of benzene rings is 1. The molecule has 0 unspecified atom stereocenters. The summed E-state index contributed by atoms with van der Waals surface area (Å²) in [6.07, 6.45) is 0. The fraction of sp³-hybridized carbons (Fsp3) is 0. The normalized spacial score (nSPS) is 11.9. The maximum absolute atomic E-state index is 12.2. The number of anilines is 1. The lowest BCUT2D eigenvalue weighted by molar-refractivity contribution is 0.442. The Kier molecular flexibility index (Phi) is 4.30. The van der Waals surface area contributed by atoms with Crippen LogP contribution in [0.3, 0.4) is 0 Å². The minimum Gasteiger partial charge on any atom is -0.432 e. The number of rotatable bonds is 4. The predicted molar refractivity (Wildman–Crippen MR) is 79.7 cm³/mol. The van der Waals surface area contributed by atoms with Crippen LogP contribution in [-0.4, -0.2) is 16.8 Å². The third-order valence-electron chi connectivity index (χ3n) is 2.45. The van der Waals surface area contributed by atoms with E-state index in [1.165, 1.54) is 18.2 Å². The summed E-state index contributed by atoms with van der Waals surface area (Å²) >= 11 is 3.11. The van der Waals surface area contributed by atoms with Crippen molar-refractivity contribution < 1.29 is 21.3 Å². The number of sulfonamides is 2. The largest absolute Gasteiger partial charge is 0.432 e. The van der Waals surface area contributed by atoms with Gasteiger partial charge in [0.2, 0.25) is 20.9 Å². The van der Waals surface area contributed by atoms with Gasteiger partial charge in [-0.3, -0.25) is 4.72 Å². The first-order valence-corrected chi connectivity index (χ1v) is 9.31. The molecule has 2 aromatic rings. The number of furan rings is 1. The summed E-state index contributed by atoms with van der Waals surface area (Å²) in [6.45, 7) is 0. The van der Waals surface area contributed by atoms with Crippen LogP contribution in [0.4, 0.5) is 5.69 Å². The zero-order chi connectivity index (χ0) is 16.5. The van der Waals surface area contributed by atoms with Gasteiger partial charge < -0.3 is 4.42 Å². The topological polar surface area (TPSA) is 143 Å². The van der Waals surface area contributed by atoms with Gasteiger partial charge >= 0.3 is 0 Å². The van der Waals surface area contributed by atoms with Gasteiger partial charge in [-0.15, -0.1) is 0 Å². The van der Waals surface area contributed by atoms with Crippen molar-refractivity contribution in [3.8, 4) is 6.07 Å². The molecule has 0 amide bonds. The first-order chi connectivity index (χ1) is 10.1. The average Bonchev–Trinajstić information content (AvgIpc) is 2.86. The van der Waals surface area contributed by atoms with Crippen molar-refractivity contribution in [1.29, 1.82) is 5.26 Å². The van der Waals surface area contributed by atoms with Gasteiger partial charge in [-0.25, -0.2) is 13.6 Å². The first kappa shape index (κ1) is 16.5. The Morgan fingerprint density at radius 3 is 2.41 bits per heavy atom. The maximum atomic E-state index is 12.2. The number of nitriles is 1. The highest BCUT2D eigenvalue weighted by Crippen LogP contribution is 2.27. The monoisotopic (exact) mass is 405 g/mol. The number of nitrogens with two attached hydrogens (primary N) is 1. The van der Waals surface area contributed by atoms with E-state index in [1.54, 1.807) is 6.07 Å². The second-order valence-corrected chi connectivity index (χ2v) is 8.08. The van der Waals surface area contributed by atoms with Crippen molar-refractivity contribution >= 4 is 41.7 Å². The SMILES string of the molecule is N#Cc1ccc(S(=O)(=O)Nc2cc(Br)ccc2S(N)(=O)=O)o1. The standard InChI is InChI=1S/C11H8BrN3O5S2/c12-7-1-3-10(21(14,16)17)9(5-7)15-22(18,19)11-4-2-8(6-13)20-11/h1-5,15H,(H2,14,16,17). The summed E-state index contributed by atoms with van der Waals surface area (Å²) < 4.78 is 54.6. The molecule has 0 spiro atoms. The first-order valence-electron chi connectivity index (χ1n) is 5.48. The average molecular weight is 406 g/mol. The highest BCUT2D eigenvalue weighted by molar-refractivity contribution is 9.10. The lowest BCUT2D eigenvalue weighted by atomic mass is 10.3. The molecule has 0 aliphatic carbocycles. The van der Waals surface area contributed by atoms with Crippen molar-refractivity contribution in [1.82, 2.24) is 0 Å². The molecule has 0 aliphatic heterocycles. The highest BCUT2D eigenvalue weighted by Gasteiger charge is 2.23. The van der Waals surface area contributed by atoms with Crippen LogP contribution in [0.2, 0.25) is 0 Å². The molecule has 2 rings (SSSR count). The minimum atomic E-state index is -4.21. The van der Waals surface area contributed by atoms with E-state index in [9.17, 15) is 16.8 Å². The van der Waals surface area contributed by atoms with Crippen LogP contribution in [0.15, 0.2) is 49.2 Å². The molecule has 0 radical (unpaired) electrons. The molecule has 1 heterocycles. The van der Waals surface area contributed by atoms with Crippen LogP contribution in [0, 0.1) is 11.3 Å². The Bertz CT molecular complexity index is 973. The number of nitrogens with zero attached hydrogens (tertiary/aromatic N) is 1. The number of hydrogen-bond acceptors (Lipinski definition) is 6. The smallest absolute Gasteiger partial charge is 0.295 e. The van der Waals surface area contributed by atoms with E-state index in [2.05, 4.69) is 20.7 Å². The fourth-order valence-corrected chi connectivity index (χ4v) is 3.66. The Labute approximate surface area is 134 Å². The minimum absolute atomic E-state index is 0.193. The zero-order valence-corrected chi connectivity index (χ0v) is 13.9. The second-order valence-electron chi connectivity index (χ2n) is 4.02. The molecule has 1 aromatic carbocycles. The predicted octanol–water partition coefficient (Wildman–Crippen LogP) is 1.36. The Hall–Kier alpha value is -1.87. The van der Waals surface area contributed by atoms with Crippen molar-refractivity contribution in [3.63, 3.8) is 0 Å². The van der Waals surface area contributed by atoms with Crippen LogP contribution < -0.4 is 9.86 Å². The van der Waals surface area contributed by atoms with Gasteiger partial charge in [0.25, 0.3) is 10.0 Å². The van der Waals surface area contributed by atoms with Crippen LogP contribution in [0.1, 0.15) is 5.76 Å². The quantitative estimate of drug-likeness (QED) is 0.785. The maximum Gasteiger partial charge on any atom is 0.295 e. The molecule has 1 aromatic heterocycles. The van der Waals surface area contributed by atoms with Crippen molar-refractivity contribution in [2.45, 2.75) is 9.99 Å². The van der Waals surface area contributed by atoms with Gasteiger partial charge in [-0.1, -0.05) is 15.9 Å². The molecule has 0 saturated carbocycles. The van der Waals surface area contributed by atoms with E-state index in [4.69, 9.17) is 14.8 Å². The Morgan fingerprint density at radius 2 is 1.86 bits per heavy atom. The van der Waals surface area contributed by atoms with Gasteiger partial charge in [0.15, 0.2) is 0 Å². The van der Waals surface area contributed by atoms with Gasteiger partial charge in [0.05, 0.1) is 5.69 Å². The number of hydrogen-bond donors (Lipinski definition) is 2. The van der Waals surface area contributed by atoms with Crippen LogP contribution >= 0.6 is 15.9 Å². The van der Waals surface area contributed by atoms with E-state index in [-0.39, 0.29) is 11.4 Å². The third-order valence-corrected chi connectivity index (χ3v) is 5.15. The van der Waals surface area contributed by atoms with E-state index in [0.29, 0.717) is 4.47 Å². The van der Waals surface area contributed by atoms with Crippen LogP contribution in [-0.2, 0) is 20.0 Å². The molecule has 0 atom stereocenters. The molecule has 11 heteroatoms. The molecule has 0 fully saturated rings. The van der Waals surface area contributed by atoms with Crippen molar-refractivity contribution in [2.24, 2.45) is 5.14 Å². The molecule has 0 bridgehead atoms. The third kappa shape index (κ3) is 3.47. The molecule has 0 aliphatic rings. The zero-order valence-electron chi connectivity index (χ0n) is 10.6. The molecule has 0 saturated heterocycles. The summed E-state index contributed by atoms with van der Waals surface area (Å²) in [4.78, 5) is -0.397. The van der Waals surface area contributed by atoms with E-state index >= 15 is 0 Å². The number of halogens is 1. The van der Waals surface area contributed by atoms with Crippen molar-refractivity contribution in [2.75, 3.05) is 4.72 Å². The highest BCUT2D eigenvalue weighted by atomic mass is 79.9. The van der Waals surface area contributed by atoms with E-state index in [1.807, 2.05) is 0 Å². The molecule has 8 nitrogen and oxygen atoms in total. The summed E-state index contributed by atoms with van der Waals surface area (Å²) in [7, 11) is -8.35. The molecular formula is C11H8BrN3O5S2. The Morgan fingerprint density at radius 1 is 1.18 bits per heavy atom. The van der Waals surface area contributed by atoms with Gasteiger partial charge in [0, 0.05) is 4.47 Å². The summed E-state index contributed by atoms with van der Waals surface area (Å²) in [5.41, 5.74) is -0.244. The van der Waals surface area contributed by atoms with Crippen LogP contribution in [0.5, 0.6) is 0 Å². The van der Waals surface area contributed by atoms with Gasteiger partial charge in [-0.05, 0) is 30.3 Å². The fourth-order valence-electron chi connectivity index (χ4n) is 1.55. The second kappa shape index (κ2) is 5.73. The lowest BCUT2D eigenvalue weighted by Crippen LogP contribution is -2.18.